The van der Waals surface area contributed by atoms with Crippen molar-refractivity contribution in [3.8, 4) is 11.5 Å². The minimum absolute atomic E-state index is 0.429. The molecule has 0 aliphatic carbocycles. The molecule has 0 saturated carbocycles. The first-order valence-corrected chi connectivity index (χ1v) is 6.74. The van der Waals surface area contributed by atoms with E-state index >= 15 is 0 Å². The molecular formula is C15H23NO2. The van der Waals surface area contributed by atoms with Gasteiger partial charge in [0.15, 0.2) is 11.5 Å². The molecule has 1 aliphatic heterocycles. The van der Waals surface area contributed by atoms with Gasteiger partial charge >= 0.3 is 0 Å². The number of hydrogen-bond donors (Lipinski definition) is 1. The lowest BCUT2D eigenvalue weighted by Gasteiger charge is -2.33. The van der Waals surface area contributed by atoms with Gasteiger partial charge in [-0.15, -0.1) is 0 Å². The van der Waals surface area contributed by atoms with Gasteiger partial charge in [-0.05, 0) is 42.5 Å². The summed E-state index contributed by atoms with van der Waals surface area (Å²) in [6.07, 6.45) is 3.33. The molecular weight excluding hydrogens is 226 g/mol. The van der Waals surface area contributed by atoms with Gasteiger partial charge in [0.1, 0.15) is 0 Å². The first-order valence-electron chi connectivity index (χ1n) is 6.74. The van der Waals surface area contributed by atoms with Crippen LogP contribution in [-0.4, -0.2) is 20.3 Å². The molecule has 2 atom stereocenters. The van der Waals surface area contributed by atoms with Gasteiger partial charge in [-0.25, -0.2) is 0 Å². The van der Waals surface area contributed by atoms with Crippen LogP contribution in [0.1, 0.15) is 43.9 Å². The predicted octanol–water partition coefficient (Wildman–Crippen LogP) is 3.08. The molecule has 0 fully saturated rings. The molecule has 0 radical (unpaired) electrons. The Balaban J connectivity index is 2.43. The smallest absolute Gasteiger partial charge is 0.161 e. The van der Waals surface area contributed by atoms with Crippen LogP contribution in [0, 0.1) is 0 Å². The van der Waals surface area contributed by atoms with E-state index in [1.54, 1.807) is 14.2 Å². The van der Waals surface area contributed by atoms with E-state index in [1.807, 2.05) is 0 Å². The molecule has 1 aromatic rings. The van der Waals surface area contributed by atoms with Gasteiger partial charge in [-0.2, -0.15) is 0 Å². The lowest BCUT2D eigenvalue weighted by atomic mass is 9.87. The maximum atomic E-state index is 5.40. The largest absolute Gasteiger partial charge is 0.493 e. The van der Waals surface area contributed by atoms with Gasteiger partial charge in [-0.1, -0.05) is 13.8 Å². The lowest BCUT2D eigenvalue weighted by molar-refractivity contribution is 0.346. The maximum Gasteiger partial charge on any atom is 0.161 e. The second-order valence-electron chi connectivity index (χ2n) is 4.84. The zero-order valence-electron chi connectivity index (χ0n) is 11.7. The zero-order valence-corrected chi connectivity index (χ0v) is 11.7. The van der Waals surface area contributed by atoms with E-state index in [4.69, 9.17) is 9.47 Å². The fourth-order valence-corrected chi connectivity index (χ4v) is 2.74. The topological polar surface area (TPSA) is 30.5 Å². The Labute approximate surface area is 109 Å². The standard InChI is InChI=1S/C15H23NO2/c1-5-11-7-10-8-14(17-3)15(18-4)9-12(10)13(6-2)16-11/h8-9,11,13,16H,5-7H2,1-4H3. The van der Waals surface area contributed by atoms with Crippen LogP contribution in [0.3, 0.4) is 0 Å². The highest BCUT2D eigenvalue weighted by Crippen LogP contribution is 2.37. The Morgan fingerprint density at radius 1 is 1.11 bits per heavy atom. The van der Waals surface area contributed by atoms with Crippen LogP contribution < -0.4 is 14.8 Å². The van der Waals surface area contributed by atoms with E-state index in [9.17, 15) is 0 Å². The Kier molecular flexibility index (Phi) is 4.12. The first-order chi connectivity index (χ1) is 8.73. The monoisotopic (exact) mass is 249 g/mol. The van der Waals surface area contributed by atoms with E-state index in [1.165, 1.54) is 11.1 Å². The summed E-state index contributed by atoms with van der Waals surface area (Å²) in [5.74, 6) is 1.66. The number of benzene rings is 1. The molecule has 2 unspecified atom stereocenters. The highest BCUT2D eigenvalue weighted by molar-refractivity contribution is 5.49. The molecule has 1 aliphatic rings. The Morgan fingerprint density at radius 3 is 2.33 bits per heavy atom. The summed E-state index contributed by atoms with van der Waals surface area (Å²) in [5.41, 5.74) is 2.75. The van der Waals surface area contributed by atoms with Crippen LogP contribution in [0.5, 0.6) is 11.5 Å². The van der Waals surface area contributed by atoms with Crippen molar-refractivity contribution in [3.05, 3.63) is 23.3 Å². The predicted molar refractivity (Wildman–Crippen MR) is 73.5 cm³/mol. The molecule has 3 nitrogen and oxygen atoms in total. The van der Waals surface area contributed by atoms with Crippen LogP contribution in [-0.2, 0) is 6.42 Å². The Morgan fingerprint density at radius 2 is 1.78 bits per heavy atom. The van der Waals surface area contributed by atoms with Crippen molar-refractivity contribution in [2.45, 2.75) is 45.2 Å². The normalized spacial score (nSPS) is 22.4. The number of hydrogen-bond acceptors (Lipinski definition) is 3. The summed E-state index contributed by atoms with van der Waals surface area (Å²) >= 11 is 0. The van der Waals surface area contributed by atoms with Crippen LogP contribution in [0.15, 0.2) is 12.1 Å². The minimum Gasteiger partial charge on any atom is -0.493 e. The van der Waals surface area contributed by atoms with Crippen molar-refractivity contribution in [2.24, 2.45) is 0 Å². The highest BCUT2D eigenvalue weighted by atomic mass is 16.5. The number of methoxy groups -OCH3 is 2. The lowest BCUT2D eigenvalue weighted by Crippen LogP contribution is -2.38. The highest BCUT2D eigenvalue weighted by Gasteiger charge is 2.25. The van der Waals surface area contributed by atoms with E-state index < -0.39 is 0 Å². The Hall–Kier alpha value is -1.22. The van der Waals surface area contributed by atoms with Crippen LogP contribution in [0.4, 0.5) is 0 Å². The van der Waals surface area contributed by atoms with Gasteiger partial charge < -0.3 is 14.8 Å². The molecule has 18 heavy (non-hydrogen) atoms. The number of ether oxygens (including phenoxy) is 2. The van der Waals surface area contributed by atoms with E-state index in [-0.39, 0.29) is 0 Å². The SMILES string of the molecule is CCC1Cc2cc(OC)c(OC)cc2C(CC)N1. The molecule has 0 aromatic heterocycles. The van der Waals surface area contributed by atoms with Crippen LogP contribution >= 0.6 is 0 Å². The number of nitrogens with one attached hydrogen (secondary N) is 1. The first kappa shape index (κ1) is 13.2. The average Bonchev–Trinajstić information content (AvgIpc) is 2.44. The summed E-state index contributed by atoms with van der Waals surface area (Å²) in [4.78, 5) is 0. The van der Waals surface area contributed by atoms with Crippen molar-refractivity contribution in [1.82, 2.24) is 5.32 Å². The molecule has 1 heterocycles. The van der Waals surface area contributed by atoms with Crippen molar-refractivity contribution in [3.63, 3.8) is 0 Å². The van der Waals surface area contributed by atoms with Crippen molar-refractivity contribution in [1.29, 1.82) is 0 Å². The second-order valence-corrected chi connectivity index (χ2v) is 4.84. The third-order valence-electron chi connectivity index (χ3n) is 3.83. The third kappa shape index (κ3) is 2.32. The summed E-state index contributed by atoms with van der Waals surface area (Å²) in [5, 5.41) is 3.70. The van der Waals surface area contributed by atoms with Gasteiger partial charge in [-0.3, -0.25) is 0 Å². The van der Waals surface area contributed by atoms with E-state index in [2.05, 4.69) is 31.3 Å². The third-order valence-corrected chi connectivity index (χ3v) is 3.83. The molecule has 0 bridgehead atoms. The maximum absolute atomic E-state index is 5.40. The van der Waals surface area contributed by atoms with Gasteiger partial charge in [0.2, 0.25) is 0 Å². The average molecular weight is 249 g/mol. The van der Waals surface area contributed by atoms with E-state index in [0.717, 1.165) is 30.8 Å². The zero-order chi connectivity index (χ0) is 13.1. The minimum atomic E-state index is 0.429. The fourth-order valence-electron chi connectivity index (χ4n) is 2.74. The molecule has 100 valence electrons. The molecule has 2 rings (SSSR count). The quantitative estimate of drug-likeness (QED) is 0.889. The molecule has 1 aromatic carbocycles. The van der Waals surface area contributed by atoms with Crippen molar-refractivity contribution >= 4 is 0 Å². The summed E-state index contributed by atoms with van der Waals surface area (Å²) < 4.78 is 10.8. The molecule has 0 saturated heterocycles. The summed E-state index contributed by atoms with van der Waals surface area (Å²) in [6.45, 7) is 4.45. The van der Waals surface area contributed by atoms with Crippen LogP contribution in [0.2, 0.25) is 0 Å². The Bertz CT molecular complexity index is 417. The van der Waals surface area contributed by atoms with Crippen molar-refractivity contribution < 1.29 is 9.47 Å². The fraction of sp³-hybridized carbons (Fsp3) is 0.600. The molecule has 1 N–H and O–H groups in total. The van der Waals surface area contributed by atoms with Gasteiger partial charge in [0.25, 0.3) is 0 Å². The van der Waals surface area contributed by atoms with E-state index in [0.29, 0.717) is 12.1 Å². The molecule has 0 spiro atoms. The number of fused-ring (bicyclic) bond motifs is 1. The molecule has 0 amide bonds. The summed E-state index contributed by atoms with van der Waals surface area (Å²) in [6, 6.07) is 5.26. The van der Waals surface area contributed by atoms with Crippen LogP contribution in [0.25, 0.3) is 0 Å². The summed E-state index contributed by atoms with van der Waals surface area (Å²) in [7, 11) is 3.39. The number of rotatable bonds is 4. The van der Waals surface area contributed by atoms with Gasteiger partial charge in [0.05, 0.1) is 14.2 Å². The second kappa shape index (κ2) is 5.61. The van der Waals surface area contributed by atoms with Gasteiger partial charge in [0, 0.05) is 12.1 Å². The van der Waals surface area contributed by atoms with Crippen molar-refractivity contribution in [2.75, 3.05) is 14.2 Å². The molecule has 3 heteroatoms.